The van der Waals surface area contributed by atoms with Crippen molar-refractivity contribution in [1.82, 2.24) is 24.8 Å². The van der Waals surface area contributed by atoms with Crippen LogP contribution < -0.4 is 5.32 Å². The molecule has 0 unspecified atom stereocenters. The van der Waals surface area contributed by atoms with E-state index in [-0.39, 0.29) is 11.9 Å². The van der Waals surface area contributed by atoms with E-state index in [2.05, 4.69) is 51.7 Å². The fraction of sp³-hybridized carbons (Fsp3) is 0.542. The highest BCUT2D eigenvalue weighted by molar-refractivity contribution is 7.10. The molecule has 6 nitrogen and oxygen atoms in total. The lowest BCUT2D eigenvalue weighted by atomic mass is 9.97. The van der Waals surface area contributed by atoms with Crippen molar-refractivity contribution in [3.8, 4) is 0 Å². The summed E-state index contributed by atoms with van der Waals surface area (Å²) in [6.07, 6.45) is 3.60. The predicted molar refractivity (Wildman–Crippen MR) is 126 cm³/mol. The summed E-state index contributed by atoms with van der Waals surface area (Å²) in [6.45, 7) is 11.3. The number of carbonyl (C=O) groups is 1. The molecule has 31 heavy (non-hydrogen) atoms. The summed E-state index contributed by atoms with van der Waals surface area (Å²) in [5.74, 6) is 0.897. The number of hydrogen-bond donors (Lipinski definition) is 1. The van der Waals surface area contributed by atoms with Gasteiger partial charge in [0.1, 0.15) is 0 Å². The number of rotatable bonds is 7. The van der Waals surface area contributed by atoms with Gasteiger partial charge in [-0.2, -0.15) is 5.10 Å². The third-order valence-corrected chi connectivity index (χ3v) is 7.48. The molecular weight excluding hydrogens is 406 g/mol. The van der Waals surface area contributed by atoms with Gasteiger partial charge in [-0.1, -0.05) is 13.0 Å². The Morgan fingerprint density at radius 3 is 2.77 bits per heavy atom. The molecule has 1 N–H and O–H groups in total. The lowest BCUT2D eigenvalue weighted by Crippen LogP contribution is -2.41. The summed E-state index contributed by atoms with van der Waals surface area (Å²) in [4.78, 5) is 21.3. The molecule has 1 aliphatic heterocycles. The molecule has 0 aromatic carbocycles. The Morgan fingerprint density at radius 2 is 2.06 bits per heavy atom. The van der Waals surface area contributed by atoms with Crippen LogP contribution in [0.15, 0.2) is 23.6 Å². The monoisotopic (exact) mass is 439 g/mol. The number of hydrogen-bond acceptors (Lipinski definition) is 5. The van der Waals surface area contributed by atoms with Crippen LogP contribution in [0.4, 0.5) is 0 Å². The molecule has 1 atom stereocenters. The van der Waals surface area contributed by atoms with Crippen LogP contribution in [0.2, 0.25) is 0 Å². The van der Waals surface area contributed by atoms with Gasteiger partial charge in [-0.05, 0) is 76.1 Å². The number of amides is 1. The topological polar surface area (TPSA) is 62.5 Å². The Bertz CT molecular complexity index is 1030. The Hall–Kier alpha value is -2.25. The van der Waals surface area contributed by atoms with E-state index < -0.39 is 0 Å². The van der Waals surface area contributed by atoms with Gasteiger partial charge < -0.3 is 5.32 Å². The van der Waals surface area contributed by atoms with Gasteiger partial charge in [0.25, 0.3) is 0 Å². The van der Waals surface area contributed by atoms with Crippen molar-refractivity contribution in [2.45, 2.75) is 59.4 Å². The zero-order valence-corrected chi connectivity index (χ0v) is 19.8. The first-order chi connectivity index (χ1) is 14.9. The average molecular weight is 440 g/mol. The van der Waals surface area contributed by atoms with E-state index in [9.17, 15) is 4.79 Å². The second-order valence-electron chi connectivity index (χ2n) is 8.87. The molecule has 1 aliphatic rings. The molecule has 1 amide bonds. The third-order valence-electron chi connectivity index (χ3n) is 6.51. The zero-order valence-electron chi connectivity index (χ0n) is 19.0. The molecule has 7 heteroatoms. The number of piperidine rings is 1. The Balaban J connectivity index is 1.38. The smallest absolute Gasteiger partial charge is 0.220 e. The molecule has 0 bridgehead atoms. The van der Waals surface area contributed by atoms with Crippen molar-refractivity contribution < 1.29 is 4.79 Å². The van der Waals surface area contributed by atoms with Crippen molar-refractivity contribution >= 4 is 22.9 Å². The summed E-state index contributed by atoms with van der Waals surface area (Å²) in [5.41, 5.74) is 5.00. The highest BCUT2D eigenvalue weighted by Gasteiger charge is 2.25. The van der Waals surface area contributed by atoms with Crippen LogP contribution in [0, 0.1) is 26.7 Å². The van der Waals surface area contributed by atoms with Crippen LogP contribution in [0.25, 0.3) is 5.65 Å². The highest BCUT2D eigenvalue weighted by Crippen LogP contribution is 2.29. The second-order valence-corrected chi connectivity index (χ2v) is 9.85. The first-order valence-electron chi connectivity index (χ1n) is 11.3. The van der Waals surface area contributed by atoms with Crippen LogP contribution in [0.3, 0.4) is 0 Å². The minimum atomic E-state index is 0.0995. The zero-order chi connectivity index (χ0) is 22.0. The fourth-order valence-electron chi connectivity index (χ4n) is 4.57. The van der Waals surface area contributed by atoms with E-state index in [1.54, 1.807) is 11.3 Å². The first kappa shape index (κ1) is 22.0. The second kappa shape index (κ2) is 9.49. The van der Waals surface area contributed by atoms with E-state index in [1.807, 2.05) is 24.4 Å². The van der Waals surface area contributed by atoms with Gasteiger partial charge in [-0.25, -0.2) is 9.50 Å². The van der Waals surface area contributed by atoms with Crippen LogP contribution in [0.1, 0.15) is 59.8 Å². The lowest BCUT2D eigenvalue weighted by Gasteiger charge is -2.36. The first-order valence-corrected chi connectivity index (χ1v) is 12.2. The van der Waals surface area contributed by atoms with Gasteiger partial charge in [0.05, 0.1) is 11.7 Å². The Labute approximate surface area is 188 Å². The maximum absolute atomic E-state index is 12.7. The normalized spacial score (nSPS) is 16.6. The minimum Gasteiger partial charge on any atom is -0.354 e. The van der Waals surface area contributed by atoms with Gasteiger partial charge in [0, 0.05) is 35.3 Å². The molecule has 3 aromatic rings. The number of likely N-dealkylation sites (tertiary alicyclic amines) is 1. The maximum Gasteiger partial charge on any atom is 0.220 e. The minimum absolute atomic E-state index is 0.0995. The molecule has 4 rings (SSSR count). The van der Waals surface area contributed by atoms with Crippen molar-refractivity contribution in [2.24, 2.45) is 5.92 Å². The van der Waals surface area contributed by atoms with Gasteiger partial charge >= 0.3 is 0 Å². The summed E-state index contributed by atoms with van der Waals surface area (Å²) < 4.78 is 1.89. The number of carbonyl (C=O) groups excluding carboxylic acids is 1. The van der Waals surface area contributed by atoms with Crippen LogP contribution in [0.5, 0.6) is 0 Å². The van der Waals surface area contributed by atoms with Crippen molar-refractivity contribution in [2.75, 3.05) is 19.6 Å². The largest absolute Gasteiger partial charge is 0.354 e. The molecule has 3 aromatic heterocycles. The molecule has 166 valence electrons. The van der Waals surface area contributed by atoms with Crippen molar-refractivity contribution in [1.29, 1.82) is 0 Å². The average Bonchev–Trinajstić information content (AvgIpc) is 3.39. The van der Waals surface area contributed by atoms with E-state index >= 15 is 0 Å². The van der Waals surface area contributed by atoms with Crippen LogP contribution in [-0.2, 0) is 11.2 Å². The lowest BCUT2D eigenvalue weighted by molar-refractivity contribution is -0.121. The molecule has 4 heterocycles. The molecule has 0 spiro atoms. The van der Waals surface area contributed by atoms with Crippen LogP contribution in [-0.4, -0.2) is 45.0 Å². The van der Waals surface area contributed by atoms with Gasteiger partial charge in [-0.3, -0.25) is 9.69 Å². The van der Waals surface area contributed by atoms with Gasteiger partial charge in [0.15, 0.2) is 5.65 Å². The number of aromatic nitrogens is 3. The predicted octanol–water partition coefficient (Wildman–Crippen LogP) is 4.24. The number of fused-ring (bicyclic) bond motifs is 1. The van der Waals surface area contributed by atoms with Crippen molar-refractivity contribution in [3.63, 3.8) is 0 Å². The van der Waals surface area contributed by atoms with Crippen molar-refractivity contribution in [3.05, 3.63) is 51.1 Å². The summed E-state index contributed by atoms with van der Waals surface area (Å²) in [7, 11) is 0. The molecule has 1 fully saturated rings. The molecular formula is C24H33N5OS. The van der Waals surface area contributed by atoms with E-state index in [4.69, 9.17) is 0 Å². The molecule has 1 saturated heterocycles. The molecule has 0 aliphatic carbocycles. The van der Waals surface area contributed by atoms with E-state index in [0.29, 0.717) is 19.4 Å². The Morgan fingerprint density at radius 1 is 1.29 bits per heavy atom. The number of nitrogens with one attached hydrogen (secondary N) is 1. The van der Waals surface area contributed by atoms with E-state index in [1.165, 1.54) is 17.7 Å². The van der Waals surface area contributed by atoms with Crippen LogP contribution >= 0.6 is 11.3 Å². The standard InChI is InChI=1S/C24H33N5OS/c1-16-9-11-28(12-10-16)21(22-6-5-13-31-22)15-25-24(30)8-7-20-18(3)26-23-14-17(2)27-29(23)19(20)4/h5-6,13-14,16,21H,7-12,15H2,1-4H3,(H,25,30)/t21-/m1/s1. The number of aryl methyl sites for hydroxylation is 3. The summed E-state index contributed by atoms with van der Waals surface area (Å²) >= 11 is 1.78. The number of thiophene rings is 1. The highest BCUT2D eigenvalue weighted by atomic mass is 32.1. The molecule has 0 radical (unpaired) electrons. The summed E-state index contributed by atoms with van der Waals surface area (Å²) in [5, 5.41) is 9.88. The molecule has 0 saturated carbocycles. The quantitative estimate of drug-likeness (QED) is 0.598. The SMILES string of the molecule is Cc1cc2nc(C)c(CCC(=O)NC[C@H](c3cccs3)N3CCC(C)CC3)c(C)n2n1. The number of nitrogens with zero attached hydrogens (tertiary/aromatic N) is 4. The Kier molecular flexibility index (Phi) is 6.72. The third kappa shape index (κ3) is 4.99. The van der Waals surface area contributed by atoms with Gasteiger partial charge in [0.2, 0.25) is 5.91 Å². The van der Waals surface area contributed by atoms with E-state index in [0.717, 1.165) is 47.3 Å². The maximum atomic E-state index is 12.7. The van der Waals surface area contributed by atoms with Gasteiger partial charge in [-0.15, -0.1) is 11.3 Å². The fourth-order valence-corrected chi connectivity index (χ4v) is 5.43. The summed E-state index contributed by atoms with van der Waals surface area (Å²) in [6, 6.07) is 6.56.